The fourth-order valence-electron chi connectivity index (χ4n) is 3.20. The molecule has 0 bridgehead atoms. The van der Waals surface area contributed by atoms with Crippen LogP contribution in [0.25, 0.3) is 0 Å². The number of pyridine rings is 1. The number of rotatable bonds is 2. The van der Waals surface area contributed by atoms with Crippen LogP contribution in [0.1, 0.15) is 17.0 Å². The van der Waals surface area contributed by atoms with Crippen LogP contribution in [0.15, 0.2) is 30.5 Å². The molecule has 1 aliphatic carbocycles. The maximum absolute atomic E-state index is 12.2. The highest BCUT2D eigenvalue weighted by atomic mass is 35.5. The minimum Gasteiger partial charge on any atom is -0.491 e. The van der Waals surface area contributed by atoms with E-state index in [1.54, 1.807) is 24.3 Å². The van der Waals surface area contributed by atoms with Gasteiger partial charge in [0.25, 0.3) is 0 Å². The predicted octanol–water partition coefficient (Wildman–Crippen LogP) is 3.56. The average Bonchev–Trinajstić information content (AvgIpc) is 3.31. The van der Waals surface area contributed by atoms with Gasteiger partial charge in [-0.25, -0.2) is 9.78 Å². The monoisotopic (exact) mass is 374 g/mol. The summed E-state index contributed by atoms with van der Waals surface area (Å²) in [5.41, 5.74) is 1.28. The van der Waals surface area contributed by atoms with E-state index in [-0.39, 0.29) is 23.9 Å². The van der Waals surface area contributed by atoms with E-state index in [2.05, 4.69) is 15.6 Å². The largest absolute Gasteiger partial charge is 0.491 e. The molecule has 0 saturated heterocycles. The fraction of sp³-hybridized carbons (Fsp3) is 0.235. The number of amides is 2. The van der Waals surface area contributed by atoms with Gasteiger partial charge in [-0.2, -0.15) is 5.26 Å². The maximum atomic E-state index is 12.2. The Hall–Kier alpha value is -2.49. The van der Waals surface area contributed by atoms with E-state index >= 15 is 0 Å². The van der Waals surface area contributed by atoms with Crippen LogP contribution in [0.4, 0.5) is 10.6 Å². The lowest BCUT2D eigenvalue weighted by Crippen LogP contribution is -2.32. The number of benzene rings is 1. The highest BCUT2D eigenvalue weighted by Gasteiger charge is 2.56. The molecule has 2 N–H and O–H groups in total. The molecular weight excluding hydrogens is 363 g/mol. The third-order valence-electron chi connectivity index (χ3n) is 4.45. The predicted molar refractivity (Wildman–Crippen MR) is 93.1 cm³/mol. The number of hydrogen-bond donors (Lipinski definition) is 2. The quantitative estimate of drug-likeness (QED) is 0.840. The minimum atomic E-state index is -0.365. The summed E-state index contributed by atoms with van der Waals surface area (Å²) >= 11 is 12.5. The molecule has 6 nitrogen and oxygen atoms in total. The van der Waals surface area contributed by atoms with Gasteiger partial charge in [-0.3, -0.25) is 5.32 Å². The second-order valence-corrected chi connectivity index (χ2v) is 6.76. The summed E-state index contributed by atoms with van der Waals surface area (Å²) in [6.07, 6.45) is 1.40. The SMILES string of the molecule is N#Cc1ccc(NC(=O)NC2[C@H]3COc4c(Cl)ccc(Cl)c4[C@@H]23)nc1. The first kappa shape index (κ1) is 16.0. The number of hydrogen-bond acceptors (Lipinski definition) is 4. The summed E-state index contributed by atoms with van der Waals surface area (Å²) in [4.78, 5) is 16.2. The van der Waals surface area contributed by atoms with E-state index in [9.17, 15) is 4.79 Å². The van der Waals surface area contributed by atoms with E-state index in [1.165, 1.54) is 6.20 Å². The zero-order valence-corrected chi connectivity index (χ0v) is 14.3. The number of nitriles is 1. The van der Waals surface area contributed by atoms with Crippen molar-refractivity contribution < 1.29 is 9.53 Å². The number of aromatic nitrogens is 1. The molecule has 1 aliphatic heterocycles. The van der Waals surface area contributed by atoms with Crippen molar-refractivity contribution in [3.05, 3.63) is 51.6 Å². The minimum absolute atomic E-state index is 0.0735. The lowest BCUT2D eigenvalue weighted by Gasteiger charge is -2.18. The molecule has 2 heterocycles. The highest BCUT2D eigenvalue weighted by molar-refractivity contribution is 6.35. The smallest absolute Gasteiger partial charge is 0.320 e. The van der Waals surface area contributed by atoms with Crippen LogP contribution in [0, 0.1) is 17.2 Å². The number of nitrogens with one attached hydrogen (secondary N) is 2. The van der Waals surface area contributed by atoms with Gasteiger partial charge in [0.05, 0.1) is 17.2 Å². The Morgan fingerprint density at radius 2 is 2.08 bits per heavy atom. The molecule has 3 atom stereocenters. The Bertz CT molecular complexity index is 895. The Morgan fingerprint density at radius 1 is 1.28 bits per heavy atom. The molecule has 1 aromatic carbocycles. The van der Waals surface area contributed by atoms with Crippen molar-refractivity contribution >= 4 is 35.1 Å². The second kappa shape index (κ2) is 6.10. The van der Waals surface area contributed by atoms with Gasteiger partial charge < -0.3 is 10.1 Å². The van der Waals surface area contributed by atoms with Crippen LogP contribution in [-0.4, -0.2) is 23.7 Å². The van der Waals surface area contributed by atoms with Gasteiger partial charge in [0.1, 0.15) is 17.6 Å². The molecule has 1 fully saturated rings. The molecule has 126 valence electrons. The molecule has 25 heavy (non-hydrogen) atoms. The van der Waals surface area contributed by atoms with Crippen molar-refractivity contribution in [1.82, 2.24) is 10.3 Å². The first-order chi connectivity index (χ1) is 12.1. The molecule has 0 spiro atoms. The van der Waals surface area contributed by atoms with Crippen LogP contribution in [0.2, 0.25) is 10.0 Å². The van der Waals surface area contributed by atoms with Gasteiger partial charge in [0.15, 0.2) is 0 Å². The first-order valence-electron chi connectivity index (χ1n) is 7.63. The molecule has 2 aliphatic rings. The van der Waals surface area contributed by atoms with Crippen molar-refractivity contribution in [2.24, 2.45) is 5.92 Å². The number of halogens is 2. The van der Waals surface area contributed by atoms with Crippen LogP contribution < -0.4 is 15.4 Å². The number of carbonyl (C=O) groups is 1. The Morgan fingerprint density at radius 3 is 2.80 bits per heavy atom. The zero-order valence-electron chi connectivity index (χ0n) is 12.8. The van der Waals surface area contributed by atoms with Crippen LogP contribution in [-0.2, 0) is 0 Å². The number of fused-ring (bicyclic) bond motifs is 3. The highest BCUT2D eigenvalue weighted by Crippen LogP contribution is 2.57. The molecule has 1 aromatic heterocycles. The molecule has 2 aromatic rings. The average molecular weight is 375 g/mol. The number of ether oxygens (including phenoxy) is 1. The van der Waals surface area contributed by atoms with Crippen molar-refractivity contribution in [2.75, 3.05) is 11.9 Å². The van der Waals surface area contributed by atoms with Crippen molar-refractivity contribution in [3.8, 4) is 11.8 Å². The van der Waals surface area contributed by atoms with E-state index in [0.29, 0.717) is 33.8 Å². The summed E-state index contributed by atoms with van der Waals surface area (Å²) in [7, 11) is 0. The molecular formula is C17H12Cl2N4O2. The second-order valence-electron chi connectivity index (χ2n) is 5.94. The van der Waals surface area contributed by atoms with E-state index in [1.807, 2.05) is 6.07 Å². The number of urea groups is 1. The number of anilines is 1. The summed E-state index contributed by atoms with van der Waals surface area (Å²) < 4.78 is 5.71. The topological polar surface area (TPSA) is 87.0 Å². The fourth-order valence-corrected chi connectivity index (χ4v) is 3.69. The maximum Gasteiger partial charge on any atom is 0.320 e. The van der Waals surface area contributed by atoms with Gasteiger partial charge in [0, 0.05) is 34.7 Å². The van der Waals surface area contributed by atoms with Gasteiger partial charge >= 0.3 is 6.03 Å². The Balaban J connectivity index is 1.45. The summed E-state index contributed by atoms with van der Waals surface area (Å²) in [6, 6.07) is 8.15. The Kier molecular flexibility index (Phi) is 3.91. The number of carbonyl (C=O) groups excluding carboxylic acids is 1. The molecule has 8 heteroatoms. The van der Waals surface area contributed by atoms with Crippen molar-refractivity contribution in [3.63, 3.8) is 0 Å². The molecule has 2 amide bonds. The van der Waals surface area contributed by atoms with Crippen molar-refractivity contribution in [2.45, 2.75) is 12.0 Å². The summed E-state index contributed by atoms with van der Waals surface area (Å²) in [5, 5.41) is 15.4. The number of nitrogens with zero attached hydrogens (tertiary/aromatic N) is 2. The lowest BCUT2D eigenvalue weighted by molar-refractivity contribution is 0.249. The molecule has 4 rings (SSSR count). The summed E-state index contributed by atoms with van der Waals surface area (Å²) in [5.74, 6) is 1.24. The van der Waals surface area contributed by atoms with E-state index < -0.39 is 0 Å². The van der Waals surface area contributed by atoms with Gasteiger partial charge in [-0.05, 0) is 24.3 Å². The van der Waals surface area contributed by atoms with Crippen molar-refractivity contribution in [1.29, 1.82) is 5.26 Å². The summed E-state index contributed by atoms with van der Waals surface area (Å²) in [6.45, 7) is 0.484. The van der Waals surface area contributed by atoms with Gasteiger partial charge in [-0.15, -0.1) is 0 Å². The molecule has 1 saturated carbocycles. The van der Waals surface area contributed by atoms with Crippen LogP contribution in [0.3, 0.4) is 0 Å². The molecule has 1 unspecified atom stereocenters. The third-order valence-corrected chi connectivity index (χ3v) is 5.08. The normalized spacial score (nSPS) is 22.7. The lowest BCUT2D eigenvalue weighted by atomic mass is 10.1. The van der Waals surface area contributed by atoms with Crippen LogP contribution >= 0.6 is 23.2 Å². The van der Waals surface area contributed by atoms with Gasteiger partial charge in [-0.1, -0.05) is 23.2 Å². The standard InChI is InChI=1S/C17H12Cl2N4O2/c18-10-2-3-11(19)16-14(10)13-9(7-25-16)15(13)23-17(24)22-12-4-1-8(5-20)6-21-12/h1-4,6,9,13,15H,7H2,(H2,21,22,23,24)/t9-,13-,15?/m0/s1. The van der Waals surface area contributed by atoms with Gasteiger partial charge in [0.2, 0.25) is 0 Å². The van der Waals surface area contributed by atoms with E-state index in [0.717, 1.165) is 5.56 Å². The Labute approximate surface area is 153 Å². The molecule has 0 radical (unpaired) electrons. The van der Waals surface area contributed by atoms with Crippen LogP contribution in [0.5, 0.6) is 5.75 Å². The third kappa shape index (κ3) is 2.86. The first-order valence-corrected chi connectivity index (χ1v) is 8.38. The zero-order chi connectivity index (χ0) is 17.6. The van der Waals surface area contributed by atoms with E-state index in [4.69, 9.17) is 33.2 Å².